The van der Waals surface area contributed by atoms with Crippen LogP contribution in [0.2, 0.25) is 0 Å². The number of hydrogen-bond donors (Lipinski definition) is 8. The van der Waals surface area contributed by atoms with Gasteiger partial charge in [-0.15, -0.1) is 5.92 Å². The van der Waals surface area contributed by atoms with E-state index in [-0.39, 0.29) is 186 Å². The Balaban J connectivity index is 2.30. The second-order valence-electron chi connectivity index (χ2n) is 16.5. The van der Waals surface area contributed by atoms with Gasteiger partial charge in [0, 0.05) is 58.2 Å². The lowest BCUT2D eigenvalue weighted by molar-refractivity contribution is -0.129. The van der Waals surface area contributed by atoms with Gasteiger partial charge >= 0.3 is 0 Å². The van der Waals surface area contributed by atoms with Crippen LogP contribution in [-0.4, -0.2) is 204 Å². The van der Waals surface area contributed by atoms with Gasteiger partial charge < -0.3 is 86.0 Å². The van der Waals surface area contributed by atoms with E-state index in [2.05, 4.69) is 43.7 Å². The minimum absolute atomic E-state index is 0.0129. The van der Waals surface area contributed by atoms with E-state index in [0.717, 1.165) is 32.1 Å². The van der Waals surface area contributed by atoms with Crippen LogP contribution in [0.1, 0.15) is 78.1 Å². The summed E-state index contributed by atoms with van der Waals surface area (Å²) >= 11 is 0. The highest BCUT2D eigenvalue weighted by Gasteiger charge is 2.22. The highest BCUT2D eigenvalue weighted by atomic mass is 16.5. The van der Waals surface area contributed by atoms with E-state index in [4.69, 9.17) is 54.1 Å². The van der Waals surface area contributed by atoms with Crippen LogP contribution in [0.15, 0.2) is 0 Å². The van der Waals surface area contributed by atoms with E-state index in [1.54, 1.807) is 13.8 Å². The van der Waals surface area contributed by atoms with Crippen LogP contribution in [0.5, 0.6) is 0 Å². The quantitative estimate of drug-likeness (QED) is 0.0230. The number of primary amides is 2. The minimum Gasteiger partial charge on any atom is -0.379 e. The molecule has 1 aliphatic rings. The van der Waals surface area contributed by atoms with Crippen LogP contribution in [0, 0.1) is 17.8 Å². The van der Waals surface area contributed by atoms with Crippen molar-refractivity contribution >= 4 is 47.3 Å². The summed E-state index contributed by atoms with van der Waals surface area (Å²) in [6.45, 7) is 6.81. The van der Waals surface area contributed by atoms with Crippen molar-refractivity contribution in [2.45, 2.75) is 96.2 Å². The second kappa shape index (κ2) is 44.6. The summed E-state index contributed by atoms with van der Waals surface area (Å²) in [6, 6.07) is -1.43. The zero-order chi connectivity index (χ0) is 52.9. The molecular weight excluding hydrogens is 949 g/mol. The van der Waals surface area contributed by atoms with Crippen molar-refractivity contribution in [3.63, 3.8) is 0 Å². The highest BCUT2D eigenvalue weighted by molar-refractivity contribution is 5.89. The summed E-state index contributed by atoms with van der Waals surface area (Å²) < 4.78 is 49.5. The molecule has 0 fully saturated rings. The number of amides is 8. The molecule has 0 aromatic carbocycles. The zero-order valence-electron chi connectivity index (χ0n) is 42.3. The minimum atomic E-state index is -0.832. The molecule has 8 amide bonds. The molecular formula is C47H82N8O17. The summed E-state index contributed by atoms with van der Waals surface area (Å²) in [5, 5.41) is 16.0. The van der Waals surface area contributed by atoms with Crippen LogP contribution < -0.4 is 43.4 Å². The number of carbonyl (C=O) groups is 8. The van der Waals surface area contributed by atoms with Crippen LogP contribution >= 0.6 is 0 Å². The highest BCUT2D eigenvalue weighted by Crippen LogP contribution is 2.10. The van der Waals surface area contributed by atoms with Crippen molar-refractivity contribution in [3.8, 4) is 11.8 Å². The maximum absolute atomic E-state index is 12.8. The molecule has 1 aliphatic carbocycles. The third kappa shape index (κ3) is 40.5. The van der Waals surface area contributed by atoms with Crippen LogP contribution in [-0.2, 0) is 81.0 Å². The van der Waals surface area contributed by atoms with Crippen molar-refractivity contribution in [3.05, 3.63) is 0 Å². The van der Waals surface area contributed by atoms with Gasteiger partial charge in [-0.1, -0.05) is 26.2 Å². The van der Waals surface area contributed by atoms with E-state index >= 15 is 0 Å². The Morgan fingerprint density at radius 3 is 1.46 bits per heavy atom. The second-order valence-corrected chi connectivity index (χ2v) is 16.5. The Hall–Kier alpha value is -5.04. The molecule has 0 saturated carbocycles. The van der Waals surface area contributed by atoms with Gasteiger partial charge in [-0.3, -0.25) is 38.4 Å². The van der Waals surface area contributed by atoms with Gasteiger partial charge in [0.05, 0.1) is 118 Å². The molecule has 0 aromatic heterocycles. The normalized spacial score (nSPS) is 14.1. The predicted molar refractivity (Wildman–Crippen MR) is 259 cm³/mol. The fourth-order valence-electron chi connectivity index (χ4n) is 6.03. The van der Waals surface area contributed by atoms with Crippen molar-refractivity contribution in [1.82, 2.24) is 31.9 Å². The summed E-state index contributed by atoms with van der Waals surface area (Å²) in [6.07, 6.45) is 4.99. The fourth-order valence-corrected chi connectivity index (χ4v) is 6.03. The largest absolute Gasteiger partial charge is 0.379 e. The van der Waals surface area contributed by atoms with Crippen LogP contribution in [0.4, 0.5) is 0 Å². The number of carbonyl (C=O) groups excluding carboxylic acids is 8. The van der Waals surface area contributed by atoms with Gasteiger partial charge in [-0.25, -0.2) is 0 Å². The molecule has 2 unspecified atom stereocenters. The third-order valence-corrected chi connectivity index (χ3v) is 9.89. The third-order valence-electron chi connectivity index (χ3n) is 9.89. The first-order valence-corrected chi connectivity index (χ1v) is 24.7. The first kappa shape index (κ1) is 65.0. The van der Waals surface area contributed by atoms with Gasteiger partial charge in [0.2, 0.25) is 47.3 Å². The molecule has 25 heteroatoms. The lowest BCUT2D eigenvalue weighted by Gasteiger charge is -2.19. The maximum atomic E-state index is 12.8. The van der Waals surface area contributed by atoms with E-state index in [0.29, 0.717) is 19.8 Å². The summed E-state index contributed by atoms with van der Waals surface area (Å²) in [7, 11) is 0. The van der Waals surface area contributed by atoms with E-state index < -0.39 is 35.7 Å². The molecule has 0 bridgehead atoms. The molecule has 3 atom stereocenters. The van der Waals surface area contributed by atoms with Crippen LogP contribution in [0.3, 0.4) is 0 Å². The van der Waals surface area contributed by atoms with E-state index in [1.807, 2.05) is 0 Å². The molecule has 0 heterocycles. The number of nitrogens with two attached hydrogens (primary N) is 2. The average Bonchev–Trinajstić information content (AvgIpc) is 3.32. The van der Waals surface area contributed by atoms with Gasteiger partial charge in [0.25, 0.3) is 0 Å². The molecule has 0 saturated heterocycles. The predicted octanol–water partition coefficient (Wildman–Crippen LogP) is -2.52. The molecule has 72 heavy (non-hydrogen) atoms. The van der Waals surface area contributed by atoms with Gasteiger partial charge in [-0.05, 0) is 25.2 Å². The molecule has 25 nitrogen and oxygen atoms in total. The zero-order valence-corrected chi connectivity index (χ0v) is 42.3. The molecule has 412 valence electrons. The Kier molecular flexibility index (Phi) is 40.3. The first-order chi connectivity index (χ1) is 34.8. The Labute approximate surface area is 423 Å². The van der Waals surface area contributed by atoms with Crippen molar-refractivity contribution < 1.29 is 81.0 Å². The molecule has 0 radical (unpaired) electrons. The smallest absolute Gasteiger partial charge is 0.246 e. The SMILES string of the molecule is CC(C)[C@H](NC(=O)CNC(=O)CCOCCOCCNC(=O)CCOCC(COCCC(=O)NCCOCCOCCC(N)=O)NC(=O)CCOCCOCCNC(=O)COC1C#CCCCCC1)C(N)=O. The summed E-state index contributed by atoms with van der Waals surface area (Å²) in [5.74, 6) is 2.82. The lowest BCUT2D eigenvalue weighted by Crippen LogP contribution is -2.50. The van der Waals surface area contributed by atoms with Gasteiger partial charge in [0.15, 0.2) is 0 Å². The van der Waals surface area contributed by atoms with Crippen molar-refractivity contribution in [2.75, 3.05) is 138 Å². The molecule has 0 spiro atoms. The Morgan fingerprint density at radius 1 is 0.500 bits per heavy atom. The molecule has 1 rings (SSSR count). The number of rotatable bonds is 46. The van der Waals surface area contributed by atoms with E-state index in [9.17, 15) is 38.4 Å². The van der Waals surface area contributed by atoms with Gasteiger partial charge in [-0.2, -0.15) is 0 Å². The van der Waals surface area contributed by atoms with Crippen molar-refractivity contribution in [2.24, 2.45) is 17.4 Å². The summed E-state index contributed by atoms with van der Waals surface area (Å²) in [5.41, 5.74) is 10.3. The van der Waals surface area contributed by atoms with Crippen molar-refractivity contribution in [1.29, 1.82) is 0 Å². The topological polar surface area (TPSA) is 344 Å². The van der Waals surface area contributed by atoms with E-state index in [1.165, 1.54) is 0 Å². The average molecular weight is 1030 g/mol. The summed E-state index contributed by atoms with van der Waals surface area (Å²) in [4.78, 5) is 95.7. The molecule has 0 aliphatic heterocycles. The molecule has 10 N–H and O–H groups in total. The standard InChI is InChI=1S/C47H82N8O17/c1-36(2)46(47(49)63)55-44(61)32-53-42(59)11-19-65-27-30-68-24-16-51-41(58)13-22-71-34-37(33-70-21-12-40(57)50-15-23-67-29-26-64-18-10-39(48)56)54-43(60)14-20-66-28-31-69-25-17-52-45(62)35-72-38-8-6-4-3-5-7-9-38/h36-38,46H,3-6,8,10-35H2,1-2H3,(H2,48,56)(H2,49,63)(H,50,57)(H,51,58)(H,52,62)(H,53,59)(H,54,60)(H,55,61)/t37?,38?,46-/m0/s1. The van der Waals surface area contributed by atoms with Gasteiger partial charge in [0.1, 0.15) is 18.8 Å². The lowest BCUT2D eigenvalue weighted by atomic mass is 10.0. The number of nitrogens with one attached hydrogen (secondary N) is 6. The first-order valence-electron chi connectivity index (χ1n) is 24.7. The maximum Gasteiger partial charge on any atom is 0.246 e. The van der Waals surface area contributed by atoms with Crippen LogP contribution in [0.25, 0.3) is 0 Å². The Morgan fingerprint density at radius 2 is 0.958 bits per heavy atom. The number of hydrogen-bond acceptors (Lipinski definition) is 17. The Bertz CT molecular complexity index is 1620. The fraction of sp³-hybridized carbons (Fsp3) is 0.787. The number of ether oxygens (including phenoxy) is 9. The monoisotopic (exact) mass is 1030 g/mol. The molecule has 0 aromatic rings.